The fraction of sp³-hybridized carbons (Fsp3) is 0.900. The Bertz CT molecular complexity index is 480. The lowest BCUT2D eigenvalue weighted by molar-refractivity contribution is -0.207. The first kappa shape index (κ1) is 16.5. The van der Waals surface area contributed by atoms with Crippen LogP contribution in [0.2, 0.25) is 0 Å². The quantitative estimate of drug-likeness (QED) is 0.711. The number of aliphatic hydroxyl groups excluding tert-OH is 1. The van der Waals surface area contributed by atoms with Gasteiger partial charge in [0.15, 0.2) is 0 Å². The maximum absolute atomic E-state index is 11.0. The van der Waals surface area contributed by atoms with Gasteiger partial charge in [0.05, 0.1) is 17.8 Å². The average molecular weight is 306 g/mol. The molecule has 0 aromatic carbocycles. The highest BCUT2D eigenvalue weighted by molar-refractivity contribution is 5.18. The number of aliphatic hydroxyl groups is 1. The molecule has 22 heavy (non-hydrogen) atoms. The number of allylic oxidation sites excluding steroid dienone is 1. The zero-order valence-corrected chi connectivity index (χ0v) is 15.3. The van der Waals surface area contributed by atoms with Gasteiger partial charge in [0, 0.05) is 0 Å². The summed E-state index contributed by atoms with van der Waals surface area (Å²) in [6, 6.07) is 0. The van der Waals surface area contributed by atoms with Crippen LogP contribution < -0.4 is 0 Å². The van der Waals surface area contributed by atoms with E-state index in [1.165, 1.54) is 24.8 Å². The fourth-order valence-corrected chi connectivity index (χ4v) is 6.21. The molecule has 0 amide bonds. The van der Waals surface area contributed by atoms with Gasteiger partial charge in [0.2, 0.25) is 0 Å². The van der Waals surface area contributed by atoms with Gasteiger partial charge >= 0.3 is 0 Å². The van der Waals surface area contributed by atoms with Crippen molar-refractivity contribution < 1.29 is 9.84 Å². The smallest absolute Gasteiger partial charge is 0.0954 e. The molecule has 1 N–H and O–H groups in total. The predicted molar refractivity (Wildman–Crippen MR) is 90.7 cm³/mol. The molecule has 0 bridgehead atoms. The molecule has 0 unspecified atom stereocenters. The molecule has 2 heteroatoms. The van der Waals surface area contributed by atoms with Crippen molar-refractivity contribution >= 4 is 0 Å². The van der Waals surface area contributed by atoms with Crippen LogP contribution in [-0.2, 0) is 4.74 Å². The normalized spacial score (nSPS) is 51.3. The molecule has 126 valence electrons. The van der Waals surface area contributed by atoms with Crippen LogP contribution in [0, 0.1) is 22.7 Å². The molecular formula is C20H34O2. The summed E-state index contributed by atoms with van der Waals surface area (Å²) >= 11 is 0. The Balaban J connectivity index is 2.00. The van der Waals surface area contributed by atoms with Crippen molar-refractivity contribution in [3.63, 3.8) is 0 Å². The minimum Gasteiger partial charge on any atom is -0.390 e. The third kappa shape index (κ3) is 2.13. The second-order valence-corrected chi connectivity index (χ2v) is 9.26. The van der Waals surface area contributed by atoms with Crippen LogP contribution in [0.5, 0.6) is 0 Å². The highest BCUT2D eigenvalue weighted by Crippen LogP contribution is 2.65. The number of rotatable bonds is 1. The van der Waals surface area contributed by atoms with E-state index >= 15 is 0 Å². The number of hydrogen-bond donors (Lipinski definition) is 1. The Morgan fingerprint density at radius 3 is 2.41 bits per heavy atom. The van der Waals surface area contributed by atoms with E-state index in [9.17, 15) is 5.11 Å². The summed E-state index contributed by atoms with van der Waals surface area (Å²) in [5.74, 6) is 1.07. The zero-order valence-electron chi connectivity index (χ0n) is 15.3. The number of hydrogen-bond acceptors (Lipinski definition) is 2. The SMILES string of the molecule is C/C=C(\C)[C@H]1C[C@H]2[C@]3(C)CCCC(C)(C)[C@H]3C[C@@H](O)[C@]2(C)O1. The zero-order chi connectivity index (χ0) is 16.3. The van der Waals surface area contributed by atoms with E-state index in [-0.39, 0.29) is 17.8 Å². The predicted octanol–water partition coefficient (Wildman–Crippen LogP) is 4.71. The molecule has 3 rings (SSSR count). The molecular weight excluding hydrogens is 272 g/mol. The third-order valence-corrected chi connectivity index (χ3v) is 7.69. The summed E-state index contributed by atoms with van der Waals surface area (Å²) in [5.41, 5.74) is 1.59. The van der Waals surface area contributed by atoms with Crippen molar-refractivity contribution in [3.8, 4) is 0 Å². The molecule has 3 aliphatic rings. The van der Waals surface area contributed by atoms with E-state index in [1.807, 2.05) is 0 Å². The standard InChI is InChI=1S/C20H34O2/c1-7-13(2)14-11-16-19(5)10-8-9-18(3,4)15(19)12-17(21)20(16,6)22-14/h7,14-17,21H,8-12H2,1-6H3/b13-7+/t14-,15-,16+,17-,19-,20-/m1/s1. The number of fused-ring (bicyclic) bond motifs is 3. The third-order valence-electron chi connectivity index (χ3n) is 7.69. The molecule has 6 atom stereocenters. The van der Waals surface area contributed by atoms with Gasteiger partial charge in [-0.15, -0.1) is 0 Å². The summed E-state index contributed by atoms with van der Waals surface area (Å²) in [4.78, 5) is 0. The molecule has 1 heterocycles. The van der Waals surface area contributed by atoms with Crippen molar-refractivity contribution in [2.45, 2.75) is 91.5 Å². The van der Waals surface area contributed by atoms with Crippen molar-refractivity contribution in [2.75, 3.05) is 0 Å². The van der Waals surface area contributed by atoms with E-state index < -0.39 is 0 Å². The first-order valence-electron chi connectivity index (χ1n) is 9.14. The molecule has 3 fully saturated rings. The van der Waals surface area contributed by atoms with Gasteiger partial charge in [-0.05, 0) is 74.7 Å². The van der Waals surface area contributed by atoms with E-state index in [1.54, 1.807) is 0 Å². The van der Waals surface area contributed by atoms with Crippen LogP contribution in [0.1, 0.15) is 73.6 Å². The summed E-state index contributed by atoms with van der Waals surface area (Å²) in [6.07, 6.45) is 7.90. The monoisotopic (exact) mass is 306 g/mol. The maximum atomic E-state index is 11.0. The van der Waals surface area contributed by atoms with Crippen molar-refractivity contribution in [2.24, 2.45) is 22.7 Å². The van der Waals surface area contributed by atoms with Gasteiger partial charge in [-0.2, -0.15) is 0 Å². The molecule has 1 aliphatic heterocycles. The molecule has 1 saturated heterocycles. The lowest BCUT2D eigenvalue weighted by atomic mass is 9.45. The van der Waals surface area contributed by atoms with Crippen LogP contribution in [0.15, 0.2) is 11.6 Å². The summed E-state index contributed by atoms with van der Waals surface area (Å²) in [6.45, 7) is 13.7. The van der Waals surface area contributed by atoms with E-state index in [2.05, 4.69) is 47.6 Å². The Hall–Kier alpha value is -0.340. The summed E-state index contributed by atoms with van der Waals surface area (Å²) < 4.78 is 6.48. The van der Waals surface area contributed by atoms with E-state index in [0.29, 0.717) is 22.7 Å². The molecule has 2 saturated carbocycles. The van der Waals surface area contributed by atoms with Crippen LogP contribution in [0.25, 0.3) is 0 Å². The molecule has 0 radical (unpaired) electrons. The van der Waals surface area contributed by atoms with E-state index in [4.69, 9.17) is 4.74 Å². The Morgan fingerprint density at radius 1 is 1.09 bits per heavy atom. The minimum absolute atomic E-state index is 0.190. The largest absolute Gasteiger partial charge is 0.390 e. The van der Waals surface area contributed by atoms with Gasteiger partial charge < -0.3 is 9.84 Å². The first-order chi connectivity index (χ1) is 10.1. The fourth-order valence-electron chi connectivity index (χ4n) is 6.21. The Labute approximate surface area is 136 Å². The van der Waals surface area contributed by atoms with Gasteiger partial charge in [0.25, 0.3) is 0 Å². The minimum atomic E-state index is -0.367. The maximum Gasteiger partial charge on any atom is 0.0954 e. The van der Waals surface area contributed by atoms with Crippen LogP contribution in [0.3, 0.4) is 0 Å². The highest BCUT2D eigenvalue weighted by Gasteiger charge is 2.65. The Kier molecular flexibility index (Phi) is 3.81. The van der Waals surface area contributed by atoms with Crippen LogP contribution in [0.4, 0.5) is 0 Å². The summed E-state index contributed by atoms with van der Waals surface area (Å²) in [7, 11) is 0. The topological polar surface area (TPSA) is 29.5 Å². The van der Waals surface area contributed by atoms with Gasteiger partial charge in [-0.1, -0.05) is 33.3 Å². The Morgan fingerprint density at radius 2 is 1.77 bits per heavy atom. The number of ether oxygens (including phenoxy) is 1. The highest BCUT2D eigenvalue weighted by atomic mass is 16.5. The average Bonchev–Trinajstić information content (AvgIpc) is 2.81. The molecule has 0 aromatic rings. The second kappa shape index (κ2) is 5.08. The molecule has 2 aliphatic carbocycles. The van der Waals surface area contributed by atoms with Crippen LogP contribution in [-0.4, -0.2) is 22.9 Å². The van der Waals surface area contributed by atoms with Gasteiger partial charge in [-0.3, -0.25) is 0 Å². The first-order valence-corrected chi connectivity index (χ1v) is 9.14. The molecule has 2 nitrogen and oxygen atoms in total. The van der Waals surface area contributed by atoms with Crippen molar-refractivity contribution in [3.05, 3.63) is 11.6 Å². The van der Waals surface area contributed by atoms with Gasteiger partial charge in [-0.25, -0.2) is 0 Å². The van der Waals surface area contributed by atoms with Gasteiger partial charge in [0.1, 0.15) is 0 Å². The van der Waals surface area contributed by atoms with Crippen LogP contribution >= 0.6 is 0 Å². The lowest BCUT2D eigenvalue weighted by Crippen LogP contribution is -2.61. The lowest BCUT2D eigenvalue weighted by Gasteiger charge is -2.61. The summed E-state index contributed by atoms with van der Waals surface area (Å²) in [5, 5.41) is 11.0. The van der Waals surface area contributed by atoms with E-state index in [0.717, 1.165) is 12.8 Å². The second-order valence-electron chi connectivity index (χ2n) is 9.26. The molecule has 0 aromatic heterocycles. The van der Waals surface area contributed by atoms with Crippen molar-refractivity contribution in [1.82, 2.24) is 0 Å². The molecule has 0 spiro atoms. The van der Waals surface area contributed by atoms with Crippen molar-refractivity contribution in [1.29, 1.82) is 0 Å².